The Bertz CT molecular complexity index is 1060. The number of anilines is 2. The molecule has 1 saturated heterocycles. The quantitative estimate of drug-likeness (QED) is 0.516. The Balaban J connectivity index is 1.68. The highest BCUT2D eigenvalue weighted by Gasteiger charge is 2.26. The van der Waals surface area contributed by atoms with Gasteiger partial charge >= 0.3 is 0 Å². The van der Waals surface area contributed by atoms with Crippen molar-refractivity contribution in [3.63, 3.8) is 0 Å². The normalized spacial score (nSPS) is 15.7. The molecule has 1 unspecified atom stereocenters. The van der Waals surface area contributed by atoms with Crippen molar-refractivity contribution in [1.29, 1.82) is 0 Å². The van der Waals surface area contributed by atoms with E-state index >= 15 is 0 Å². The molecular formula is C23H23NO4S. The van der Waals surface area contributed by atoms with Crippen molar-refractivity contribution in [2.24, 2.45) is 0 Å². The molecule has 1 aliphatic rings. The monoisotopic (exact) mass is 409 g/mol. The Kier molecular flexibility index (Phi) is 5.56. The summed E-state index contributed by atoms with van der Waals surface area (Å²) in [6.07, 6.45) is 0.168. The molecule has 0 radical (unpaired) electrons. The van der Waals surface area contributed by atoms with Gasteiger partial charge in [-0.25, -0.2) is 12.7 Å². The van der Waals surface area contributed by atoms with E-state index in [0.29, 0.717) is 18.0 Å². The third-order valence-electron chi connectivity index (χ3n) is 4.68. The van der Waals surface area contributed by atoms with Crippen molar-refractivity contribution in [3.05, 3.63) is 90.0 Å². The predicted molar refractivity (Wildman–Crippen MR) is 114 cm³/mol. The zero-order valence-electron chi connectivity index (χ0n) is 16.2. The van der Waals surface area contributed by atoms with Crippen LogP contribution in [0.15, 0.2) is 78.9 Å². The Morgan fingerprint density at radius 2 is 1.62 bits per heavy atom. The summed E-state index contributed by atoms with van der Waals surface area (Å²) in [5.41, 5.74) is 2.80. The zero-order valence-corrected chi connectivity index (χ0v) is 17.0. The summed E-state index contributed by atoms with van der Waals surface area (Å²) in [5, 5.41) is 0. The van der Waals surface area contributed by atoms with Gasteiger partial charge in [0.15, 0.2) is 0 Å². The van der Waals surface area contributed by atoms with Gasteiger partial charge in [0.1, 0.15) is 18.5 Å². The molecule has 3 aromatic carbocycles. The minimum absolute atomic E-state index is 0.0843. The van der Waals surface area contributed by atoms with Crippen LogP contribution < -0.4 is 9.04 Å². The molecule has 0 amide bonds. The van der Waals surface area contributed by atoms with Gasteiger partial charge < -0.3 is 9.47 Å². The number of aryl methyl sites for hydroxylation is 1. The molecule has 150 valence electrons. The van der Waals surface area contributed by atoms with E-state index in [1.165, 1.54) is 4.31 Å². The second kappa shape index (κ2) is 8.27. The summed E-state index contributed by atoms with van der Waals surface area (Å²) >= 11 is 0. The fraction of sp³-hybridized carbons (Fsp3) is 0.217. The van der Waals surface area contributed by atoms with Gasteiger partial charge in [-0.05, 0) is 48.4 Å². The first-order chi connectivity index (χ1) is 14.0. The smallest absolute Gasteiger partial charge is 0.243 e. The summed E-state index contributed by atoms with van der Waals surface area (Å²) in [4.78, 5) is 0. The topological polar surface area (TPSA) is 59.1 Å². The van der Waals surface area contributed by atoms with Crippen molar-refractivity contribution >= 4 is 21.4 Å². The summed E-state index contributed by atoms with van der Waals surface area (Å²) in [5.74, 6) is 0.650. The SMILES string of the molecule is Cc1cc(N(c2ccccc2)S(=O)(=O)Cc2ccccc2)ccc1OCC1CO1. The lowest BCUT2D eigenvalue weighted by molar-refractivity contribution is 0.262. The Hall–Kier alpha value is -2.83. The highest BCUT2D eigenvalue weighted by atomic mass is 32.2. The van der Waals surface area contributed by atoms with Crippen LogP contribution in [0.25, 0.3) is 0 Å². The van der Waals surface area contributed by atoms with E-state index in [1.807, 2.05) is 67.6 Å². The molecule has 29 heavy (non-hydrogen) atoms. The molecule has 0 saturated carbocycles. The Labute approximate surface area is 171 Å². The highest BCUT2D eigenvalue weighted by molar-refractivity contribution is 7.92. The van der Waals surface area contributed by atoms with Crippen LogP contribution in [-0.2, 0) is 20.5 Å². The molecule has 4 rings (SSSR count). The first-order valence-electron chi connectivity index (χ1n) is 9.50. The van der Waals surface area contributed by atoms with Crippen molar-refractivity contribution < 1.29 is 17.9 Å². The molecule has 3 aromatic rings. The number of epoxide rings is 1. The maximum absolute atomic E-state index is 13.4. The Morgan fingerprint density at radius 3 is 2.24 bits per heavy atom. The van der Waals surface area contributed by atoms with E-state index in [2.05, 4.69) is 0 Å². The minimum Gasteiger partial charge on any atom is -0.491 e. The second-order valence-electron chi connectivity index (χ2n) is 7.06. The molecule has 0 aliphatic carbocycles. The van der Waals surface area contributed by atoms with Crippen LogP contribution in [-0.4, -0.2) is 27.7 Å². The number of ether oxygens (including phenoxy) is 2. The van der Waals surface area contributed by atoms with Crippen LogP contribution in [0.3, 0.4) is 0 Å². The molecule has 6 heteroatoms. The molecule has 0 aromatic heterocycles. The van der Waals surface area contributed by atoms with Gasteiger partial charge in [0.05, 0.1) is 23.7 Å². The molecule has 0 N–H and O–H groups in total. The number of para-hydroxylation sites is 1. The maximum Gasteiger partial charge on any atom is 0.243 e. The molecule has 1 aliphatic heterocycles. The fourth-order valence-electron chi connectivity index (χ4n) is 3.15. The van der Waals surface area contributed by atoms with Gasteiger partial charge in [-0.2, -0.15) is 0 Å². The van der Waals surface area contributed by atoms with Gasteiger partial charge in [0.2, 0.25) is 10.0 Å². The van der Waals surface area contributed by atoms with Gasteiger partial charge in [0, 0.05) is 0 Å². The summed E-state index contributed by atoms with van der Waals surface area (Å²) in [6, 6.07) is 23.8. The van der Waals surface area contributed by atoms with E-state index in [-0.39, 0.29) is 11.9 Å². The maximum atomic E-state index is 13.4. The molecule has 1 atom stereocenters. The fourth-order valence-corrected chi connectivity index (χ4v) is 4.77. The van der Waals surface area contributed by atoms with Crippen LogP contribution in [0.4, 0.5) is 11.4 Å². The molecule has 0 spiro atoms. The van der Waals surface area contributed by atoms with Crippen LogP contribution >= 0.6 is 0 Å². The minimum atomic E-state index is -3.65. The number of sulfonamides is 1. The van der Waals surface area contributed by atoms with Gasteiger partial charge in [-0.1, -0.05) is 48.5 Å². The van der Waals surface area contributed by atoms with Crippen LogP contribution in [0, 0.1) is 6.92 Å². The predicted octanol–water partition coefficient (Wildman–Crippen LogP) is 4.44. The van der Waals surface area contributed by atoms with E-state index in [9.17, 15) is 8.42 Å². The van der Waals surface area contributed by atoms with Crippen LogP contribution in [0.2, 0.25) is 0 Å². The number of nitrogens with zero attached hydrogens (tertiary/aromatic N) is 1. The lowest BCUT2D eigenvalue weighted by Crippen LogP contribution is -2.27. The zero-order chi connectivity index (χ0) is 20.3. The second-order valence-corrected chi connectivity index (χ2v) is 8.88. The summed E-state index contributed by atoms with van der Waals surface area (Å²) in [6.45, 7) is 3.16. The van der Waals surface area contributed by atoms with Crippen molar-refractivity contribution in [3.8, 4) is 5.75 Å². The third-order valence-corrected chi connectivity index (χ3v) is 6.36. The van der Waals surface area contributed by atoms with Gasteiger partial charge in [-0.15, -0.1) is 0 Å². The van der Waals surface area contributed by atoms with Crippen molar-refractivity contribution in [2.75, 3.05) is 17.5 Å². The average Bonchev–Trinajstić information content (AvgIpc) is 3.53. The Morgan fingerprint density at radius 1 is 0.966 bits per heavy atom. The lowest BCUT2D eigenvalue weighted by atomic mass is 10.2. The first kappa shape index (κ1) is 19.5. The molecular weight excluding hydrogens is 386 g/mol. The van der Waals surface area contributed by atoms with Crippen molar-refractivity contribution in [2.45, 2.75) is 18.8 Å². The third kappa shape index (κ3) is 4.78. The molecule has 1 heterocycles. The number of hydrogen-bond acceptors (Lipinski definition) is 4. The lowest BCUT2D eigenvalue weighted by Gasteiger charge is -2.25. The summed E-state index contributed by atoms with van der Waals surface area (Å²) < 4.78 is 39.2. The summed E-state index contributed by atoms with van der Waals surface area (Å²) in [7, 11) is -3.65. The van der Waals surface area contributed by atoms with Gasteiger partial charge in [0.25, 0.3) is 0 Å². The van der Waals surface area contributed by atoms with Gasteiger partial charge in [-0.3, -0.25) is 0 Å². The van der Waals surface area contributed by atoms with E-state index in [1.54, 1.807) is 18.2 Å². The van der Waals surface area contributed by atoms with Crippen LogP contribution in [0.5, 0.6) is 5.75 Å². The largest absolute Gasteiger partial charge is 0.491 e. The number of benzene rings is 3. The van der Waals surface area contributed by atoms with E-state index < -0.39 is 10.0 Å². The van der Waals surface area contributed by atoms with E-state index in [4.69, 9.17) is 9.47 Å². The highest BCUT2D eigenvalue weighted by Crippen LogP contribution is 2.33. The molecule has 0 bridgehead atoms. The standard InChI is InChI=1S/C23H23NO4S/c1-18-14-21(12-13-23(18)28-16-22-15-27-22)24(20-10-6-3-7-11-20)29(25,26)17-19-8-4-2-5-9-19/h2-14,22H,15-17H2,1H3. The number of hydrogen-bond donors (Lipinski definition) is 0. The molecule has 5 nitrogen and oxygen atoms in total. The molecule has 1 fully saturated rings. The number of rotatable bonds is 8. The van der Waals surface area contributed by atoms with Crippen molar-refractivity contribution in [1.82, 2.24) is 0 Å². The van der Waals surface area contributed by atoms with Crippen LogP contribution in [0.1, 0.15) is 11.1 Å². The van der Waals surface area contributed by atoms with E-state index in [0.717, 1.165) is 23.5 Å². The first-order valence-corrected chi connectivity index (χ1v) is 11.1. The average molecular weight is 410 g/mol.